The van der Waals surface area contributed by atoms with Gasteiger partial charge in [-0.15, -0.1) is 11.3 Å². The molecule has 10 aromatic rings. The van der Waals surface area contributed by atoms with Crippen LogP contribution in [0.15, 0.2) is 164 Å². The van der Waals surface area contributed by atoms with Crippen LogP contribution in [0.2, 0.25) is 0 Å². The van der Waals surface area contributed by atoms with E-state index in [0.717, 1.165) is 36.9 Å². The number of rotatable bonds is 3. The van der Waals surface area contributed by atoms with E-state index in [-0.39, 0.29) is 10.8 Å². The first kappa shape index (κ1) is 29.9. The van der Waals surface area contributed by atoms with Crippen molar-refractivity contribution in [3.05, 3.63) is 169 Å². The van der Waals surface area contributed by atoms with Crippen molar-refractivity contribution in [3.8, 4) is 33.4 Å². The van der Waals surface area contributed by atoms with Crippen LogP contribution in [0.4, 0.5) is 13.2 Å². The lowest BCUT2D eigenvalue weighted by Crippen LogP contribution is -2.07. The van der Waals surface area contributed by atoms with E-state index in [0.29, 0.717) is 10.8 Å². The Kier molecular flexibility index (Phi) is 6.61. The molecule has 0 spiro atoms. The Labute approximate surface area is 295 Å². The Morgan fingerprint density at radius 1 is 0.353 bits per heavy atom. The van der Waals surface area contributed by atoms with Crippen molar-refractivity contribution in [1.82, 2.24) is 0 Å². The normalized spacial score (nSPS) is 12.2. The fraction of sp³-hybridized carbons (Fsp3) is 0.0213. The maximum Gasteiger partial charge on any atom is 0.417 e. The van der Waals surface area contributed by atoms with Crippen LogP contribution in [0.1, 0.15) is 5.56 Å². The second-order valence-electron chi connectivity index (χ2n) is 13.0. The van der Waals surface area contributed by atoms with E-state index in [4.69, 9.17) is 0 Å². The number of benzene rings is 9. The molecule has 51 heavy (non-hydrogen) atoms. The molecule has 0 aliphatic rings. The topological polar surface area (TPSA) is 0 Å². The van der Waals surface area contributed by atoms with Crippen LogP contribution in [-0.2, 0) is 6.18 Å². The van der Waals surface area contributed by atoms with Crippen molar-refractivity contribution >= 4 is 74.6 Å². The van der Waals surface area contributed by atoms with Crippen LogP contribution in [-0.4, -0.2) is 0 Å². The summed E-state index contributed by atoms with van der Waals surface area (Å²) in [5, 5.41) is 8.67. The molecule has 0 saturated carbocycles. The predicted molar refractivity (Wildman–Crippen MR) is 211 cm³/mol. The quantitative estimate of drug-likeness (QED) is 0.163. The first-order chi connectivity index (χ1) is 25.0. The number of alkyl halides is 3. The van der Waals surface area contributed by atoms with Crippen LogP contribution in [0.25, 0.3) is 96.6 Å². The van der Waals surface area contributed by atoms with Gasteiger partial charge in [0, 0.05) is 25.7 Å². The van der Waals surface area contributed by atoms with E-state index >= 15 is 0 Å². The third-order valence-electron chi connectivity index (χ3n) is 10.3. The summed E-state index contributed by atoms with van der Waals surface area (Å²) in [6, 6.07) is 54.7. The van der Waals surface area contributed by atoms with E-state index in [1.807, 2.05) is 30.3 Å². The van der Waals surface area contributed by atoms with Crippen LogP contribution in [0.5, 0.6) is 0 Å². The van der Waals surface area contributed by atoms with Crippen molar-refractivity contribution in [2.75, 3.05) is 0 Å². The molecule has 0 aliphatic carbocycles. The molecule has 0 unspecified atom stereocenters. The van der Waals surface area contributed by atoms with Crippen LogP contribution < -0.4 is 0 Å². The second-order valence-corrected chi connectivity index (χ2v) is 14.1. The summed E-state index contributed by atoms with van der Waals surface area (Å²) in [5.41, 5.74) is 5.94. The van der Waals surface area contributed by atoms with Gasteiger partial charge >= 0.3 is 6.18 Å². The molecule has 0 nitrogen and oxygen atoms in total. The van der Waals surface area contributed by atoms with Gasteiger partial charge in [-0.3, -0.25) is 0 Å². The fourth-order valence-electron chi connectivity index (χ4n) is 8.23. The zero-order valence-electron chi connectivity index (χ0n) is 27.1. The molecule has 0 saturated heterocycles. The van der Waals surface area contributed by atoms with Crippen molar-refractivity contribution in [2.24, 2.45) is 0 Å². The van der Waals surface area contributed by atoms with Crippen molar-refractivity contribution < 1.29 is 13.2 Å². The molecule has 0 radical (unpaired) electrons. The first-order valence-corrected chi connectivity index (χ1v) is 17.7. The van der Waals surface area contributed by atoms with Gasteiger partial charge in [0.1, 0.15) is 0 Å². The summed E-state index contributed by atoms with van der Waals surface area (Å²) in [5.74, 6) is 0. The van der Waals surface area contributed by atoms with Gasteiger partial charge < -0.3 is 0 Å². The third kappa shape index (κ3) is 4.53. The lowest BCUT2D eigenvalue weighted by atomic mass is 9.86. The zero-order valence-corrected chi connectivity index (χ0v) is 27.9. The number of hydrogen-bond donors (Lipinski definition) is 0. The molecule has 0 atom stereocenters. The number of fused-ring (bicyclic) bond motifs is 7. The van der Waals surface area contributed by atoms with E-state index in [2.05, 4.69) is 109 Å². The van der Waals surface area contributed by atoms with Crippen molar-refractivity contribution in [2.45, 2.75) is 6.18 Å². The molecular weight excluding hydrogens is 654 g/mol. The van der Waals surface area contributed by atoms with Gasteiger partial charge in [-0.25, -0.2) is 0 Å². The molecule has 0 N–H and O–H groups in total. The molecule has 1 heterocycles. The van der Waals surface area contributed by atoms with Gasteiger partial charge in [0.25, 0.3) is 0 Å². The average molecular weight is 681 g/mol. The molecule has 242 valence electrons. The molecular formula is C47H27F3S. The molecule has 0 amide bonds. The highest BCUT2D eigenvalue weighted by atomic mass is 32.1. The number of thiophene rings is 1. The summed E-state index contributed by atoms with van der Waals surface area (Å²) in [6.07, 6.45) is -4.49. The van der Waals surface area contributed by atoms with Gasteiger partial charge in [0.05, 0.1) is 5.56 Å². The summed E-state index contributed by atoms with van der Waals surface area (Å²) < 4.78 is 46.2. The summed E-state index contributed by atoms with van der Waals surface area (Å²) in [7, 11) is 0. The monoisotopic (exact) mass is 680 g/mol. The molecule has 1 aromatic heterocycles. The largest absolute Gasteiger partial charge is 0.417 e. The first-order valence-electron chi connectivity index (χ1n) is 16.9. The van der Waals surface area contributed by atoms with Gasteiger partial charge in [0.2, 0.25) is 0 Å². The minimum atomic E-state index is -4.49. The number of halogens is 3. The van der Waals surface area contributed by atoms with E-state index in [1.54, 1.807) is 35.6 Å². The van der Waals surface area contributed by atoms with E-state index < -0.39 is 11.7 Å². The summed E-state index contributed by atoms with van der Waals surface area (Å²) in [4.78, 5) is 0. The fourth-order valence-corrected chi connectivity index (χ4v) is 9.49. The Balaban J connectivity index is 1.25. The standard InChI is InChI=1S/C47H27F3S/c48-47(49,50)45-37-21-10-8-19-35(37)44(36-20-9-11-22-38(36)45)40-24-12-23-39-30-26-25-29(27-41(30)51-46(39)40)43-33-17-6-4-15-31(33)42(28-13-2-1-3-14-28)32-16-5-7-18-34(32)43/h1-27H. The van der Waals surface area contributed by atoms with Gasteiger partial charge in [0.15, 0.2) is 0 Å². The lowest BCUT2D eigenvalue weighted by Gasteiger charge is -2.19. The van der Waals surface area contributed by atoms with Crippen LogP contribution in [0.3, 0.4) is 0 Å². The molecule has 10 rings (SSSR count). The van der Waals surface area contributed by atoms with E-state index in [9.17, 15) is 13.2 Å². The smallest absolute Gasteiger partial charge is 0.166 e. The molecule has 0 aliphatic heterocycles. The van der Waals surface area contributed by atoms with E-state index in [1.165, 1.54) is 38.2 Å². The minimum absolute atomic E-state index is 0.219. The van der Waals surface area contributed by atoms with Gasteiger partial charge in [-0.05, 0) is 77.0 Å². The van der Waals surface area contributed by atoms with Crippen LogP contribution in [0, 0.1) is 0 Å². The second kappa shape index (κ2) is 11.3. The lowest BCUT2D eigenvalue weighted by molar-refractivity contribution is -0.135. The Morgan fingerprint density at radius 3 is 1.33 bits per heavy atom. The van der Waals surface area contributed by atoms with Crippen molar-refractivity contribution in [3.63, 3.8) is 0 Å². The maximum atomic E-state index is 14.7. The Morgan fingerprint density at radius 2 is 0.804 bits per heavy atom. The zero-order chi connectivity index (χ0) is 34.3. The average Bonchev–Trinajstić information content (AvgIpc) is 3.54. The third-order valence-corrected chi connectivity index (χ3v) is 11.5. The number of hydrogen-bond acceptors (Lipinski definition) is 1. The highest BCUT2D eigenvalue weighted by molar-refractivity contribution is 7.26. The minimum Gasteiger partial charge on any atom is -0.166 e. The molecule has 0 fully saturated rings. The highest BCUT2D eigenvalue weighted by Gasteiger charge is 2.36. The molecule has 4 heteroatoms. The van der Waals surface area contributed by atoms with Crippen LogP contribution >= 0.6 is 11.3 Å². The Hall–Kier alpha value is -5.97. The summed E-state index contributed by atoms with van der Waals surface area (Å²) in [6.45, 7) is 0. The van der Waals surface area contributed by atoms with Gasteiger partial charge in [-0.1, -0.05) is 158 Å². The summed E-state index contributed by atoms with van der Waals surface area (Å²) >= 11 is 1.71. The SMILES string of the molecule is FC(F)(F)c1c2ccccc2c(-c2cccc3c2sc2cc(-c4c5ccccc5c(-c5ccccc5)c5ccccc45)ccc23)c2ccccc12. The van der Waals surface area contributed by atoms with Gasteiger partial charge in [-0.2, -0.15) is 13.2 Å². The highest BCUT2D eigenvalue weighted by Crippen LogP contribution is 2.50. The maximum absolute atomic E-state index is 14.7. The predicted octanol–water partition coefficient (Wildman–Crippen LogP) is 14.7. The molecule has 0 bridgehead atoms. The van der Waals surface area contributed by atoms with Crippen molar-refractivity contribution in [1.29, 1.82) is 0 Å². The Bertz CT molecular complexity index is 2890. The molecule has 9 aromatic carbocycles.